The lowest BCUT2D eigenvalue weighted by Gasteiger charge is -2.45. The topological polar surface area (TPSA) is 15.3 Å². The lowest BCUT2D eigenvalue weighted by atomic mass is 9.73. The molecule has 1 heterocycles. The van der Waals surface area contributed by atoms with E-state index in [1.165, 1.54) is 0 Å². The summed E-state index contributed by atoms with van der Waals surface area (Å²) in [6.07, 6.45) is 1.10. The number of benzene rings is 1. The Hall–Kier alpha value is -1.09. The highest BCUT2D eigenvalue weighted by Crippen LogP contribution is 2.37. The van der Waals surface area contributed by atoms with Crippen LogP contribution in [0.4, 0.5) is 10.1 Å². The van der Waals surface area contributed by atoms with Gasteiger partial charge in [-0.1, -0.05) is 26.0 Å². The average molecular weight is 250 g/mol. The monoisotopic (exact) mass is 250 g/mol. The molecule has 2 nitrogen and oxygen atoms in total. The molecular weight excluding hydrogens is 227 g/mol. The first-order valence-electron chi connectivity index (χ1n) is 6.68. The lowest BCUT2D eigenvalue weighted by Crippen LogP contribution is -2.48. The fraction of sp³-hybridized carbons (Fsp3) is 0.600. The van der Waals surface area contributed by atoms with Gasteiger partial charge in [0.2, 0.25) is 0 Å². The molecule has 18 heavy (non-hydrogen) atoms. The van der Waals surface area contributed by atoms with Crippen LogP contribution in [0.5, 0.6) is 0 Å². The van der Waals surface area contributed by atoms with Crippen LogP contribution in [0.15, 0.2) is 24.3 Å². The highest BCUT2D eigenvalue weighted by molar-refractivity contribution is 5.48. The van der Waals surface area contributed by atoms with Crippen LogP contribution >= 0.6 is 0 Å². The van der Waals surface area contributed by atoms with E-state index in [9.17, 15) is 4.39 Å². The van der Waals surface area contributed by atoms with Gasteiger partial charge in [-0.3, -0.25) is 0 Å². The first kappa shape index (κ1) is 13.3. The molecular formula is C15H23FN2. The van der Waals surface area contributed by atoms with Crippen molar-refractivity contribution in [2.45, 2.75) is 20.3 Å². The molecule has 0 spiro atoms. The van der Waals surface area contributed by atoms with E-state index in [0.29, 0.717) is 11.3 Å². The van der Waals surface area contributed by atoms with Crippen molar-refractivity contribution in [3.8, 4) is 0 Å². The van der Waals surface area contributed by atoms with Gasteiger partial charge in [-0.25, -0.2) is 4.39 Å². The van der Waals surface area contributed by atoms with Gasteiger partial charge in [0.1, 0.15) is 5.82 Å². The van der Waals surface area contributed by atoms with Gasteiger partial charge in [0.05, 0.1) is 5.69 Å². The van der Waals surface area contributed by atoms with Crippen LogP contribution in [0.25, 0.3) is 0 Å². The number of piperidine rings is 1. The summed E-state index contributed by atoms with van der Waals surface area (Å²) in [6.45, 7) is 7.47. The van der Waals surface area contributed by atoms with Gasteiger partial charge < -0.3 is 10.2 Å². The number of para-hydroxylation sites is 1. The van der Waals surface area contributed by atoms with Crippen molar-refractivity contribution in [3.63, 3.8) is 0 Å². The second kappa shape index (κ2) is 5.27. The lowest BCUT2D eigenvalue weighted by molar-refractivity contribution is 0.169. The fourth-order valence-corrected chi connectivity index (χ4v) is 2.75. The predicted molar refractivity (Wildman–Crippen MR) is 74.4 cm³/mol. The van der Waals surface area contributed by atoms with Crippen molar-refractivity contribution in [1.29, 1.82) is 0 Å². The summed E-state index contributed by atoms with van der Waals surface area (Å²) in [4.78, 5) is 2.18. The van der Waals surface area contributed by atoms with E-state index in [-0.39, 0.29) is 5.82 Å². The van der Waals surface area contributed by atoms with Crippen LogP contribution in [0.2, 0.25) is 0 Å². The number of rotatable bonds is 3. The van der Waals surface area contributed by atoms with E-state index < -0.39 is 0 Å². The highest BCUT2D eigenvalue weighted by atomic mass is 19.1. The third kappa shape index (κ3) is 2.66. The van der Waals surface area contributed by atoms with Gasteiger partial charge in [-0.2, -0.15) is 0 Å². The van der Waals surface area contributed by atoms with Gasteiger partial charge in [-0.15, -0.1) is 0 Å². The van der Waals surface area contributed by atoms with Crippen LogP contribution < -0.4 is 10.2 Å². The number of anilines is 1. The Bertz CT molecular complexity index is 403. The molecule has 0 bridgehead atoms. The third-order valence-electron chi connectivity index (χ3n) is 4.22. The molecule has 1 aromatic rings. The summed E-state index contributed by atoms with van der Waals surface area (Å²) >= 11 is 0. The molecule has 3 heteroatoms. The Balaban J connectivity index is 2.16. The molecule has 0 amide bonds. The molecule has 1 atom stereocenters. The molecule has 0 aliphatic carbocycles. The number of nitrogens with zero attached hydrogens (tertiary/aromatic N) is 1. The Morgan fingerprint density at radius 3 is 2.78 bits per heavy atom. The smallest absolute Gasteiger partial charge is 0.146 e. The zero-order valence-electron chi connectivity index (χ0n) is 11.5. The molecule has 0 saturated carbocycles. The zero-order valence-corrected chi connectivity index (χ0v) is 11.5. The second-order valence-electron chi connectivity index (χ2n) is 5.89. The number of nitrogens with one attached hydrogen (secondary N) is 1. The predicted octanol–water partition coefficient (Wildman–Crippen LogP) is 2.90. The molecule has 1 aliphatic heterocycles. The van der Waals surface area contributed by atoms with Gasteiger partial charge in [0.25, 0.3) is 0 Å². The number of hydrogen-bond donors (Lipinski definition) is 1. The van der Waals surface area contributed by atoms with Crippen LogP contribution in [0.3, 0.4) is 0 Å². The zero-order chi connectivity index (χ0) is 13.2. The van der Waals surface area contributed by atoms with Crippen LogP contribution in [0.1, 0.15) is 20.3 Å². The summed E-state index contributed by atoms with van der Waals surface area (Å²) in [6, 6.07) is 7.08. The van der Waals surface area contributed by atoms with Crippen molar-refractivity contribution in [3.05, 3.63) is 30.1 Å². The molecule has 1 aliphatic rings. The average Bonchev–Trinajstić information content (AvgIpc) is 2.33. The van der Waals surface area contributed by atoms with Crippen LogP contribution in [0, 0.1) is 17.2 Å². The Kier molecular flexibility index (Phi) is 3.91. The molecule has 1 unspecified atom stereocenters. The quantitative estimate of drug-likeness (QED) is 0.887. The van der Waals surface area contributed by atoms with E-state index in [2.05, 4.69) is 24.1 Å². The molecule has 100 valence electrons. The summed E-state index contributed by atoms with van der Waals surface area (Å²) in [5, 5.41) is 3.26. The molecule has 1 N–H and O–H groups in total. The van der Waals surface area contributed by atoms with Crippen molar-refractivity contribution in [2.24, 2.45) is 11.3 Å². The van der Waals surface area contributed by atoms with E-state index in [1.54, 1.807) is 12.1 Å². The maximum atomic E-state index is 13.8. The molecule has 0 aromatic heterocycles. The summed E-state index contributed by atoms with van der Waals surface area (Å²) < 4.78 is 13.8. The van der Waals surface area contributed by atoms with Crippen molar-refractivity contribution in [1.82, 2.24) is 5.32 Å². The third-order valence-corrected chi connectivity index (χ3v) is 4.22. The van der Waals surface area contributed by atoms with Crippen molar-refractivity contribution < 1.29 is 4.39 Å². The van der Waals surface area contributed by atoms with E-state index in [4.69, 9.17) is 0 Å². The number of hydrogen-bond acceptors (Lipinski definition) is 2. The molecule has 2 rings (SSSR count). The SMILES string of the molecule is CNCC1CN(c2ccccc2F)CCC1(C)C. The fourth-order valence-electron chi connectivity index (χ4n) is 2.75. The van der Waals surface area contributed by atoms with Crippen LogP contribution in [-0.4, -0.2) is 26.7 Å². The highest BCUT2D eigenvalue weighted by Gasteiger charge is 2.35. The summed E-state index contributed by atoms with van der Waals surface area (Å²) in [5.41, 5.74) is 1.07. The standard InChI is InChI=1S/C15H23FN2/c1-15(2)8-9-18(11-12(15)10-17-3)14-7-5-4-6-13(14)16/h4-7,12,17H,8-11H2,1-3H3. The first-order chi connectivity index (χ1) is 8.54. The minimum absolute atomic E-state index is 0.111. The summed E-state index contributed by atoms with van der Waals surface area (Å²) in [5.74, 6) is 0.441. The van der Waals surface area contributed by atoms with Gasteiger partial charge in [0, 0.05) is 13.1 Å². The summed E-state index contributed by atoms with van der Waals surface area (Å²) in [7, 11) is 1.98. The van der Waals surface area contributed by atoms with Gasteiger partial charge in [0.15, 0.2) is 0 Å². The van der Waals surface area contributed by atoms with Gasteiger partial charge >= 0.3 is 0 Å². The molecule has 0 radical (unpaired) electrons. The molecule has 1 aromatic carbocycles. The number of halogens is 1. The minimum Gasteiger partial charge on any atom is -0.369 e. The van der Waals surface area contributed by atoms with Crippen molar-refractivity contribution >= 4 is 5.69 Å². The normalized spacial score (nSPS) is 23.1. The van der Waals surface area contributed by atoms with Gasteiger partial charge in [-0.05, 0) is 43.5 Å². The Morgan fingerprint density at radius 1 is 1.39 bits per heavy atom. The Morgan fingerprint density at radius 2 is 2.11 bits per heavy atom. The maximum Gasteiger partial charge on any atom is 0.146 e. The first-order valence-corrected chi connectivity index (χ1v) is 6.68. The second-order valence-corrected chi connectivity index (χ2v) is 5.89. The van der Waals surface area contributed by atoms with Crippen LogP contribution in [-0.2, 0) is 0 Å². The van der Waals surface area contributed by atoms with E-state index >= 15 is 0 Å². The molecule has 1 saturated heterocycles. The molecule has 1 fully saturated rings. The van der Waals surface area contributed by atoms with Crippen molar-refractivity contribution in [2.75, 3.05) is 31.6 Å². The largest absolute Gasteiger partial charge is 0.369 e. The van der Waals surface area contributed by atoms with E-state index in [0.717, 1.165) is 31.7 Å². The Labute approximate surface area is 109 Å². The minimum atomic E-state index is -0.111. The maximum absolute atomic E-state index is 13.8. The van der Waals surface area contributed by atoms with E-state index in [1.807, 2.05) is 19.2 Å².